The average molecular weight is 152 g/mol. The third kappa shape index (κ3) is 1.11. The van der Waals surface area contributed by atoms with Crippen LogP contribution >= 0.6 is 0 Å². The Kier molecular flexibility index (Phi) is 1.95. The van der Waals surface area contributed by atoms with Crippen molar-refractivity contribution in [3.63, 3.8) is 0 Å². The van der Waals surface area contributed by atoms with E-state index in [0.29, 0.717) is 0 Å². The molecule has 0 nitrogen and oxygen atoms in total. The van der Waals surface area contributed by atoms with E-state index < -0.39 is 0 Å². The van der Waals surface area contributed by atoms with E-state index >= 15 is 0 Å². The second-order valence-electron chi connectivity index (χ2n) is 4.62. The van der Waals surface area contributed by atoms with Gasteiger partial charge in [-0.1, -0.05) is 39.5 Å². The van der Waals surface area contributed by atoms with Crippen molar-refractivity contribution < 1.29 is 0 Å². The van der Waals surface area contributed by atoms with Gasteiger partial charge in [-0.15, -0.1) is 0 Å². The number of rotatable bonds is 2. The van der Waals surface area contributed by atoms with E-state index in [1.54, 1.807) is 19.3 Å². The van der Waals surface area contributed by atoms with Crippen LogP contribution in [0.1, 0.15) is 46.0 Å². The second-order valence-corrected chi connectivity index (χ2v) is 4.62. The molecule has 11 heavy (non-hydrogen) atoms. The van der Waals surface area contributed by atoms with Crippen molar-refractivity contribution in [2.24, 2.45) is 23.7 Å². The highest BCUT2D eigenvalue weighted by atomic mass is 14.5. The Bertz CT molecular complexity index is 135. The molecule has 3 unspecified atom stereocenters. The van der Waals surface area contributed by atoms with Crippen molar-refractivity contribution in [1.82, 2.24) is 0 Å². The minimum absolute atomic E-state index is 1.06. The molecule has 0 bridgehead atoms. The van der Waals surface area contributed by atoms with Crippen LogP contribution in [-0.2, 0) is 0 Å². The van der Waals surface area contributed by atoms with Gasteiger partial charge >= 0.3 is 0 Å². The van der Waals surface area contributed by atoms with Crippen molar-refractivity contribution in [2.45, 2.75) is 46.0 Å². The molecular formula is C11H20. The molecule has 0 N–H and O–H groups in total. The Hall–Kier alpha value is 0. The summed E-state index contributed by atoms with van der Waals surface area (Å²) in [5.74, 6) is 4.42. The van der Waals surface area contributed by atoms with Gasteiger partial charge in [0.15, 0.2) is 0 Å². The zero-order valence-electron chi connectivity index (χ0n) is 7.84. The fraction of sp³-hybridized carbons (Fsp3) is 1.00. The van der Waals surface area contributed by atoms with E-state index in [9.17, 15) is 0 Å². The third-order valence-electron chi connectivity index (χ3n) is 4.27. The predicted molar refractivity (Wildman–Crippen MR) is 48.4 cm³/mol. The van der Waals surface area contributed by atoms with Crippen LogP contribution < -0.4 is 0 Å². The lowest BCUT2D eigenvalue weighted by Gasteiger charge is -2.50. The fourth-order valence-corrected chi connectivity index (χ4v) is 2.96. The Morgan fingerprint density at radius 1 is 1.27 bits per heavy atom. The number of hydrogen-bond donors (Lipinski definition) is 0. The van der Waals surface area contributed by atoms with Crippen LogP contribution in [0.15, 0.2) is 0 Å². The molecule has 0 heteroatoms. The van der Waals surface area contributed by atoms with Crippen molar-refractivity contribution in [1.29, 1.82) is 0 Å². The molecule has 0 aromatic rings. The maximum Gasteiger partial charge on any atom is -0.0355 e. The SMILES string of the molecule is CCC1CC(C2CCC2)C1C. The second kappa shape index (κ2) is 2.80. The summed E-state index contributed by atoms with van der Waals surface area (Å²) < 4.78 is 0. The Balaban J connectivity index is 1.81. The lowest BCUT2D eigenvalue weighted by Crippen LogP contribution is -2.41. The third-order valence-corrected chi connectivity index (χ3v) is 4.27. The molecule has 0 aromatic heterocycles. The van der Waals surface area contributed by atoms with Gasteiger partial charge in [-0.25, -0.2) is 0 Å². The summed E-state index contributed by atoms with van der Waals surface area (Å²) in [5.41, 5.74) is 0. The van der Waals surface area contributed by atoms with Gasteiger partial charge in [0.1, 0.15) is 0 Å². The summed E-state index contributed by atoms with van der Waals surface area (Å²) in [6.07, 6.45) is 7.59. The van der Waals surface area contributed by atoms with Crippen molar-refractivity contribution in [3.8, 4) is 0 Å². The summed E-state index contributed by atoms with van der Waals surface area (Å²) in [6, 6.07) is 0. The van der Waals surface area contributed by atoms with E-state index in [1.807, 2.05) is 0 Å². The van der Waals surface area contributed by atoms with Crippen LogP contribution in [-0.4, -0.2) is 0 Å². The van der Waals surface area contributed by atoms with Crippen molar-refractivity contribution in [3.05, 3.63) is 0 Å². The molecule has 0 spiro atoms. The molecule has 2 fully saturated rings. The summed E-state index contributed by atoms with van der Waals surface area (Å²) in [4.78, 5) is 0. The first-order valence-electron chi connectivity index (χ1n) is 5.33. The smallest absolute Gasteiger partial charge is 0.0355 e. The van der Waals surface area contributed by atoms with Crippen molar-refractivity contribution >= 4 is 0 Å². The first-order chi connectivity index (χ1) is 5.33. The average Bonchev–Trinajstić information content (AvgIpc) is 1.92. The van der Waals surface area contributed by atoms with E-state index in [4.69, 9.17) is 0 Å². The van der Waals surface area contributed by atoms with Crippen LogP contribution in [0, 0.1) is 23.7 Å². The van der Waals surface area contributed by atoms with Gasteiger partial charge < -0.3 is 0 Å². The van der Waals surface area contributed by atoms with Gasteiger partial charge in [0.05, 0.1) is 0 Å². The molecule has 0 radical (unpaired) electrons. The lowest BCUT2D eigenvalue weighted by molar-refractivity contribution is 0.00202. The lowest BCUT2D eigenvalue weighted by atomic mass is 9.56. The van der Waals surface area contributed by atoms with Crippen LogP contribution in [0.4, 0.5) is 0 Å². The Morgan fingerprint density at radius 3 is 2.36 bits per heavy atom. The molecule has 64 valence electrons. The first kappa shape index (κ1) is 7.64. The monoisotopic (exact) mass is 152 g/mol. The largest absolute Gasteiger partial charge is 0.0651 e. The Morgan fingerprint density at radius 2 is 2.00 bits per heavy atom. The van der Waals surface area contributed by atoms with Crippen molar-refractivity contribution in [2.75, 3.05) is 0 Å². The molecule has 2 aliphatic rings. The highest BCUT2D eigenvalue weighted by Gasteiger charge is 2.42. The predicted octanol–water partition coefficient (Wildman–Crippen LogP) is 3.47. The summed E-state index contributed by atoms with van der Waals surface area (Å²) >= 11 is 0. The zero-order valence-corrected chi connectivity index (χ0v) is 7.84. The van der Waals surface area contributed by atoms with Crippen LogP contribution in [0.5, 0.6) is 0 Å². The molecule has 2 saturated carbocycles. The first-order valence-corrected chi connectivity index (χ1v) is 5.33. The maximum absolute atomic E-state index is 2.47. The normalized spacial score (nSPS) is 44.7. The van der Waals surface area contributed by atoms with Gasteiger partial charge in [-0.2, -0.15) is 0 Å². The number of hydrogen-bond acceptors (Lipinski definition) is 0. The standard InChI is InChI=1S/C11H20/c1-3-9-7-11(8(9)2)10-5-4-6-10/h8-11H,3-7H2,1-2H3. The van der Waals surface area contributed by atoms with Crippen LogP contribution in [0.2, 0.25) is 0 Å². The topological polar surface area (TPSA) is 0 Å². The van der Waals surface area contributed by atoms with Gasteiger partial charge in [0, 0.05) is 0 Å². The van der Waals surface area contributed by atoms with E-state index in [-0.39, 0.29) is 0 Å². The van der Waals surface area contributed by atoms with Gasteiger partial charge in [-0.3, -0.25) is 0 Å². The minimum atomic E-state index is 1.06. The highest BCUT2D eigenvalue weighted by Crippen LogP contribution is 2.51. The highest BCUT2D eigenvalue weighted by molar-refractivity contribution is 4.92. The van der Waals surface area contributed by atoms with Gasteiger partial charge in [0.25, 0.3) is 0 Å². The van der Waals surface area contributed by atoms with Gasteiger partial charge in [-0.05, 0) is 30.1 Å². The molecule has 0 amide bonds. The molecule has 0 saturated heterocycles. The summed E-state index contributed by atoms with van der Waals surface area (Å²) in [7, 11) is 0. The molecular weight excluding hydrogens is 132 g/mol. The van der Waals surface area contributed by atoms with Gasteiger partial charge in [0.2, 0.25) is 0 Å². The molecule has 0 aromatic carbocycles. The molecule has 0 aliphatic heterocycles. The zero-order chi connectivity index (χ0) is 7.84. The molecule has 2 aliphatic carbocycles. The molecule has 0 heterocycles. The van der Waals surface area contributed by atoms with E-state index in [1.165, 1.54) is 12.8 Å². The molecule has 3 atom stereocenters. The summed E-state index contributed by atoms with van der Waals surface area (Å²) in [6.45, 7) is 4.82. The van der Waals surface area contributed by atoms with E-state index in [2.05, 4.69) is 13.8 Å². The maximum atomic E-state index is 2.47. The molecule has 2 rings (SSSR count). The summed E-state index contributed by atoms with van der Waals surface area (Å²) in [5, 5.41) is 0. The Labute approximate surface area is 70.4 Å². The minimum Gasteiger partial charge on any atom is -0.0651 e. The van der Waals surface area contributed by atoms with Crippen LogP contribution in [0.3, 0.4) is 0 Å². The fourth-order valence-electron chi connectivity index (χ4n) is 2.96. The van der Waals surface area contributed by atoms with Crippen LogP contribution in [0.25, 0.3) is 0 Å². The van der Waals surface area contributed by atoms with E-state index in [0.717, 1.165) is 23.7 Å². The quantitative estimate of drug-likeness (QED) is 0.568.